The van der Waals surface area contributed by atoms with Crippen molar-refractivity contribution in [2.45, 2.75) is 19.6 Å². The summed E-state index contributed by atoms with van der Waals surface area (Å²) in [5.41, 5.74) is 2.20. The average Bonchev–Trinajstić information content (AvgIpc) is 2.46. The van der Waals surface area contributed by atoms with Gasteiger partial charge in [-0.2, -0.15) is 0 Å². The quantitative estimate of drug-likeness (QED) is 0.819. The highest BCUT2D eigenvalue weighted by Crippen LogP contribution is 2.27. The fraction of sp³-hybridized carbons (Fsp3) is 0.250. The van der Waals surface area contributed by atoms with Gasteiger partial charge in [0.2, 0.25) is 0 Å². The molecule has 0 heterocycles. The van der Waals surface area contributed by atoms with E-state index in [1.165, 1.54) is 0 Å². The molecule has 4 heteroatoms. The molecule has 0 bridgehead atoms. The van der Waals surface area contributed by atoms with E-state index in [2.05, 4.69) is 28.2 Å². The summed E-state index contributed by atoms with van der Waals surface area (Å²) >= 11 is 9.69. The molecule has 1 N–H and O–H groups in total. The second kappa shape index (κ2) is 7.11. The van der Waals surface area contributed by atoms with Gasteiger partial charge in [-0.05, 0) is 49.4 Å². The van der Waals surface area contributed by atoms with E-state index >= 15 is 0 Å². The van der Waals surface area contributed by atoms with Crippen LogP contribution in [0, 0.1) is 0 Å². The Morgan fingerprint density at radius 3 is 2.50 bits per heavy atom. The minimum atomic E-state index is 0.225. The fourth-order valence-electron chi connectivity index (χ4n) is 1.85. The Morgan fingerprint density at radius 1 is 1.20 bits per heavy atom. The number of halogens is 2. The molecule has 1 atom stereocenters. The molecule has 0 fully saturated rings. The molecule has 0 saturated carbocycles. The standard InChI is InChI=1S/C16H17BrClNO/c1-11(19-2)15-8-7-14(9-16(15)18)20-10-12-3-5-13(17)6-4-12/h3-9,11,19H,10H2,1-2H3. The molecule has 20 heavy (non-hydrogen) atoms. The van der Waals surface area contributed by atoms with E-state index in [-0.39, 0.29) is 6.04 Å². The van der Waals surface area contributed by atoms with E-state index < -0.39 is 0 Å². The number of rotatable bonds is 5. The van der Waals surface area contributed by atoms with Crippen LogP contribution in [0.4, 0.5) is 0 Å². The van der Waals surface area contributed by atoms with Crippen LogP contribution in [0.2, 0.25) is 5.02 Å². The van der Waals surface area contributed by atoms with Gasteiger partial charge in [0.1, 0.15) is 12.4 Å². The Morgan fingerprint density at radius 2 is 1.90 bits per heavy atom. The number of nitrogens with one attached hydrogen (secondary N) is 1. The number of hydrogen-bond donors (Lipinski definition) is 1. The number of hydrogen-bond acceptors (Lipinski definition) is 2. The van der Waals surface area contributed by atoms with E-state index in [1.54, 1.807) is 0 Å². The van der Waals surface area contributed by atoms with E-state index in [1.807, 2.05) is 49.5 Å². The first-order chi connectivity index (χ1) is 9.60. The maximum atomic E-state index is 6.28. The van der Waals surface area contributed by atoms with Gasteiger partial charge in [-0.1, -0.05) is 45.7 Å². The molecule has 1 unspecified atom stereocenters. The Kier molecular flexibility index (Phi) is 5.46. The Balaban J connectivity index is 2.03. The summed E-state index contributed by atoms with van der Waals surface area (Å²) in [5.74, 6) is 0.782. The van der Waals surface area contributed by atoms with Crippen LogP contribution in [-0.2, 0) is 6.61 Å². The van der Waals surface area contributed by atoms with Gasteiger partial charge in [0.15, 0.2) is 0 Å². The summed E-state index contributed by atoms with van der Waals surface area (Å²) in [7, 11) is 1.92. The van der Waals surface area contributed by atoms with E-state index in [0.29, 0.717) is 6.61 Å². The molecule has 0 radical (unpaired) electrons. The van der Waals surface area contributed by atoms with Gasteiger partial charge >= 0.3 is 0 Å². The number of benzene rings is 2. The summed E-state index contributed by atoms with van der Waals surface area (Å²) in [6.07, 6.45) is 0. The molecular formula is C16H17BrClNO. The smallest absolute Gasteiger partial charge is 0.121 e. The minimum Gasteiger partial charge on any atom is -0.489 e. The van der Waals surface area contributed by atoms with Crippen molar-refractivity contribution < 1.29 is 4.74 Å². The monoisotopic (exact) mass is 353 g/mol. The molecule has 2 rings (SSSR count). The van der Waals surface area contributed by atoms with Crippen LogP contribution in [0.25, 0.3) is 0 Å². The highest BCUT2D eigenvalue weighted by atomic mass is 79.9. The summed E-state index contributed by atoms with van der Waals surface area (Å²) in [5, 5.41) is 3.90. The van der Waals surface area contributed by atoms with Crippen molar-refractivity contribution in [3.8, 4) is 5.75 Å². The lowest BCUT2D eigenvalue weighted by atomic mass is 10.1. The van der Waals surface area contributed by atoms with Crippen LogP contribution < -0.4 is 10.1 Å². The van der Waals surface area contributed by atoms with Crippen LogP contribution >= 0.6 is 27.5 Å². The van der Waals surface area contributed by atoms with Crippen LogP contribution in [0.5, 0.6) is 5.75 Å². The van der Waals surface area contributed by atoms with Gasteiger partial charge in [0.05, 0.1) is 0 Å². The van der Waals surface area contributed by atoms with Crippen molar-refractivity contribution in [2.24, 2.45) is 0 Å². The molecule has 2 aromatic carbocycles. The van der Waals surface area contributed by atoms with Gasteiger partial charge in [-0.3, -0.25) is 0 Å². The third-order valence-electron chi connectivity index (χ3n) is 3.19. The fourth-order valence-corrected chi connectivity index (χ4v) is 2.45. The number of ether oxygens (including phenoxy) is 1. The molecule has 0 aliphatic rings. The molecule has 2 aromatic rings. The molecule has 2 nitrogen and oxygen atoms in total. The molecule has 0 aliphatic heterocycles. The molecule has 0 saturated heterocycles. The van der Waals surface area contributed by atoms with Crippen LogP contribution in [0.3, 0.4) is 0 Å². The highest BCUT2D eigenvalue weighted by molar-refractivity contribution is 9.10. The Labute approximate surface area is 133 Å². The zero-order chi connectivity index (χ0) is 14.5. The Bertz CT molecular complexity index is 571. The van der Waals surface area contributed by atoms with Crippen molar-refractivity contribution in [3.63, 3.8) is 0 Å². The maximum Gasteiger partial charge on any atom is 0.121 e. The summed E-state index contributed by atoms with van der Waals surface area (Å²) in [6.45, 7) is 2.61. The summed E-state index contributed by atoms with van der Waals surface area (Å²) in [4.78, 5) is 0. The lowest BCUT2D eigenvalue weighted by molar-refractivity contribution is 0.306. The van der Waals surface area contributed by atoms with E-state index in [4.69, 9.17) is 16.3 Å². The van der Waals surface area contributed by atoms with Gasteiger partial charge < -0.3 is 10.1 Å². The van der Waals surface area contributed by atoms with Crippen molar-refractivity contribution in [1.29, 1.82) is 0 Å². The van der Waals surface area contributed by atoms with Crippen LogP contribution in [0.15, 0.2) is 46.9 Å². The zero-order valence-corrected chi connectivity index (χ0v) is 13.8. The van der Waals surface area contributed by atoms with Gasteiger partial charge in [-0.25, -0.2) is 0 Å². The second-order valence-corrected chi connectivity index (χ2v) is 5.93. The first kappa shape index (κ1) is 15.4. The van der Waals surface area contributed by atoms with Gasteiger partial charge in [0, 0.05) is 15.5 Å². The van der Waals surface area contributed by atoms with Crippen LogP contribution in [-0.4, -0.2) is 7.05 Å². The van der Waals surface area contributed by atoms with Crippen molar-refractivity contribution in [1.82, 2.24) is 5.32 Å². The van der Waals surface area contributed by atoms with Gasteiger partial charge in [-0.15, -0.1) is 0 Å². The molecule has 0 amide bonds. The van der Waals surface area contributed by atoms with Crippen molar-refractivity contribution in [2.75, 3.05) is 7.05 Å². The van der Waals surface area contributed by atoms with Crippen molar-refractivity contribution in [3.05, 3.63) is 63.1 Å². The zero-order valence-electron chi connectivity index (χ0n) is 11.5. The maximum absolute atomic E-state index is 6.28. The highest BCUT2D eigenvalue weighted by Gasteiger charge is 2.08. The third kappa shape index (κ3) is 3.98. The molecular weight excluding hydrogens is 338 g/mol. The first-order valence-corrected chi connectivity index (χ1v) is 7.61. The largest absolute Gasteiger partial charge is 0.489 e. The lowest BCUT2D eigenvalue weighted by Gasteiger charge is -2.14. The minimum absolute atomic E-state index is 0.225. The molecule has 0 spiro atoms. The molecule has 106 valence electrons. The summed E-state index contributed by atoms with van der Waals surface area (Å²) in [6, 6.07) is 14.1. The molecule has 0 aromatic heterocycles. The van der Waals surface area contributed by atoms with Crippen LogP contribution in [0.1, 0.15) is 24.1 Å². The van der Waals surface area contributed by atoms with E-state index in [9.17, 15) is 0 Å². The molecule has 0 aliphatic carbocycles. The lowest BCUT2D eigenvalue weighted by Crippen LogP contribution is -2.12. The SMILES string of the molecule is CNC(C)c1ccc(OCc2ccc(Br)cc2)cc1Cl. The topological polar surface area (TPSA) is 21.3 Å². The van der Waals surface area contributed by atoms with Crippen molar-refractivity contribution >= 4 is 27.5 Å². The predicted molar refractivity (Wildman–Crippen MR) is 87.4 cm³/mol. The first-order valence-electron chi connectivity index (χ1n) is 6.44. The Hall–Kier alpha value is -1.03. The second-order valence-electron chi connectivity index (χ2n) is 4.61. The third-order valence-corrected chi connectivity index (χ3v) is 4.05. The van der Waals surface area contributed by atoms with E-state index in [0.717, 1.165) is 26.4 Å². The summed E-state index contributed by atoms with van der Waals surface area (Å²) < 4.78 is 6.83. The predicted octanol–water partition coefficient (Wildman–Crippen LogP) is 4.96. The van der Waals surface area contributed by atoms with Gasteiger partial charge in [0.25, 0.3) is 0 Å². The average molecular weight is 355 g/mol. The normalized spacial score (nSPS) is 12.2.